The SMILES string of the molecule is COc1ccc(S(=O)(=O)N2CCN(c3ccc(F)c(Cl)c3)CC2)c(C)c1. The van der Waals surface area contributed by atoms with Crippen molar-refractivity contribution >= 4 is 27.3 Å². The first-order valence-corrected chi connectivity index (χ1v) is 9.99. The van der Waals surface area contributed by atoms with Gasteiger partial charge in [-0.25, -0.2) is 12.8 Å². The minimum absolute atomic E-state index is 0.0615. The van der Waals surface area contributed by atoms with Gasteiger partial charge >= 0.3 is 0 Å². The fourth-order valence-electron chi connectivity index (χ4n) is 3.05. The maximum atomic E-state index is 13.3. The molecular formula is C18H20ClFN2O3S. The van der Waals surface area contributed by atoms with Crippen LogP contribution in [0.15, 0.2) is 41.3 Å². The molecule has 26 heavy (non-hydrogen) atoms. The number of piperazine rings is 1. The van der Waals surface area contributed by atoms with Gasteiger partial charge in [-0.1, -0.05) is 11.6 Å². The predicted molar refractivity (Wildman–Crippen MR) is 100 cm³/mol. The van der Waals surface area contributed by atoms with Gasteiger partial charge in [0.05, 0.1) is 17.0 Å². The molecule has 0 bridgehead atoms. The van der Waals surface area contributed by atoms with Crippen molar-refractivity contribution in [2.45, 2.75) is 11.8 Å². The summed E-state index contributed by atoms with van der Waals surface area (Å²) in [7, 11) is -2.03. The molecule has 1 aliphatic heterocycles. The number of hydrogen-bond donors (Lipinski definition) is 0. The lowest BCUT2D eigenvalue weighted by Crippen LogP contribution is -2.48. The lowest BCUT2D eigenvalue weighted by atomic mass is 10.2. The fourth-order valence-corrected chi connectivity index (χ4v) is 4.85. The van der Waals surface area contributed by atoms with E-state index in [1.165, 1.54) is 10.4 Å². The number of benzene rings is 2. The monoisotopic (exact) mass is 398 g/mol. The number of methoxy groups -OCH3 is 1. The van der Waals surface area contributed by atoms with Crippen molar-refractivity contribution in [2.24, 2.45) is 0 Å². The Morgan fingerprint density at radius 2 is 1.77 bits per heavy atom. The van der Waals surface area contributed by atoms with E-state index in [-0.39, 0.29) is 9.92 Å². The van der Waals surface area contributed by atoms with E-state index in [9.17, 15) is 12.8 Å². The van der Waals surface area contributed by atoms with Crippen LogP contribution in [0, 0.1) is 12.7 Å². The summed E-state index contributed by atoms with van der Waals surface area (Å²) < 4.78 is 45.8. The highest BCUT2D eigenvalue weighted by molar-refractivity contribution is 7.89. The van der Waals surface area contributed by atoms with Gasteiger partial charge in [0.25, 0.3) is 0 Å². The van der Waals surface area contributed by atoms with Gasteiger partial charge in [0, 0.05) is 31.9 Å². The minimum atomic E-state index is -3.57. The summed E-state index contributed by atoms with van der Waals surface area (Å²) in [4.78, 5) is 2.29. The number of sulfonamides is 1. The van der Waals surface area contributed by atoms with E-state index in [1.54, 1.807) is 44.4 Å². The zero-order valence-electron chi connectivity index (χ0n) is 14.6. The van der Waals surface area contributed by atoms with Gasteiger partial charge in [-0.3, -0.25) is 0 Å². The molecule has 0 spiro atoms. The van der Waals surface area contributed by atoms with E-state index in [1.807, 2.05) is 4.90 Å². The van der Waals surface area contributed by atoms with Gasteiger partial charge in [-0.15, -0.1) is 0 Å². The molecule has 0 saturated carbocycles. The second-order valence-corrected chi connectivity index (χ2v) is 8.43. The van der Waals surface area contributed by atoms with Gasteiger partial charge in [-0.2, -0.15) is 4.31 Å². The normalized spacial score (nSPS) is 15.9. The van der Waals surface area contributed by atoms with E-state index in [0.29, 0.717) is 37.5 Å². The van der Waals surface area contributed by atoms with Crippen LogP contribution in [0.4, 0.5) is 10.1 Å². The summed E-state index contributed by atoms with van der Waals surface area (Å²) in [6.45, 7) is 3.48. The van der Waals surface area contributed by atoms with Gasteiger partial charge in [0.15, 0.2) is 0 Å². The molecule has 1 fully saturated rings. The van der Waals surface area contributed by atoms with Crippen LogP contribution in [0.25, 0.3) is 0 Å². The summed E-state index contributed by atoms with van der Waals surface area (Å²) in [6, 6.07) is 9.48. The van der Waals surface area contributed by atoms with Crippen LogP contribution in [0.1, 0.15) is 5.56 Å². The standard InChI is InChI=1S/C18H20ClFN2O3S/c1-13-11-15(25-2)4-6-18(13)26(23,24)22-9-7-21(8-10-22)14-3-5-17(20)16(19)12-14/h3-6,11-12H,7-10H2,1-2H3. The van der Waals surface area contributed by atoms with Crippen LogP contribution in [0.3, 0.4) is 0 Å². The van der Waals surface area contributed by atoms with Gasteiger partial charge < -0.3 is 9.64 Å². The molecule has 1 aliphatic rings. The Bertz CT molecular complexity index is 913. The molecule has 0 amide bonds. The quantitative estimate of drug-likeness (QED) is 0.792. The highest BCUT2D eigenvalue weighted by atomic mass is 35.5. The molecule has 2 aromatic rings. The molecule has 0 aromatic heterocycles. The largest absolute Gasteiger partial charge is 0.497 e. The number of halogens is 2. The summed E-state index contributed by atoms with van der Waals surface area (Å²) >= 11 is 5.84. The van der Waals surface area contributed by atoms with E-state index >= 15 is 0 Å². The minimum Gasteiger partial charge on any atom is -0.497 e. The maximum Gasteiger partial charge on any atom is 0.243 e. The average molecular weight is 399 g/mol. The molecule has 0 N–H and O–H groups in total. The van der Waals surface area contributed by atoms with Crippen molar-refractivity contribution in [1.82, 2.24) is 4.31 Å². The summed E-state index contributed by atoms with van der Waals surface area (Å²) in [5.74, 6) is 0.158. The van der Waals surface area contributed by atoms with Crippen molar-refractivity contribution in [1.29, 1.82) is 0 Å². The van der Waals surface area contributed by atoms with Gasteiger partial charge in [0.1, 0.15) is 11.6 Å². The molecule has 8 heteroatoms. The van der Waals surface area contributed by atoms with Crippen LogP contribution in [0.2, 0.25) is 5.02 Å². The first-order valence-electron chi connectivity index (χ1n) is 8.17. The lowest BCUT2D eigenvalue weighted by molar-refractivity contribution is 0.384. The number of aryl methyl sites for hydroxylation is 1. The molecule has 1 saturated heterocycles. The third kappa shape index (κ3) is 3.65. The first kappa shape index (κ1) is 18.9. The Kier molecular flexibility index (Phi) is 5.41. The van der Waals surface area contributed by atoms with Gasteiger partial charge in [0.2, 0.25) is 10.0 Å². The van der Waals surface area contributed by atoms with Crippen LogP contribution in [-0.4, -0.2) is 46.0 Å². The molecule has 3 rings (SSSR count). The third-order valence-corrected chi connectivity index (χ3v) is 6.86. The Morgan fingerprint density at radius 3 is 2.35 bits per heavy atom. The number of nitrogens with zero attached hydrogens (tertiary/aromatic N) is 2. The second kappa shape index (κ2) is 7.42. The van der Waals surface area contributed by atoms with E-state index in [2.05, 4.69) is 0 Å². The zero-order chi connectivity index (χ0) is 18.9. The Morgan fingerprint density at radius 1 is 1.08 bits per heavy atom. The molecular weight excluding hydrogens is 379 g/mol. The average Bonchev–Trinajstić information content (AvgIpc) is 2.63. The summed E-state index contributed by atoms with van der Waals surface area (Å²) in [5, 5.41) is 0.0615. The highest BCUT2D eigenvalue weighted by Gasteiger charge is 2.30. The third-order valence-electron chi connectivity index (χ3n) is 4.51. The highest BCUT2D eigenvalue weighted by Crippen LogP contribution is 2.27. The molecule has 5 nitrogen and oxygen atoms in total. The van der Waals surface area contributed by atoms with Crippen molar-refractivity contribution in [3.05, 3.63) is 52.8 Å². The molecule has 2 aromatic carbocycles. The van der Waals surface area contributed by atoms with E-state index < -0.39 is 15.8 Å². The van der Waals surface area contributed by atoms with Crippen LogP contribution in [-0.2, 0) is 10.0 Å². The summed E-state index contributed by atoms with van der Waals surface area (Å²) in [6.07, 6.45) is 0. The molecule has 0 aliphatic carbocycles. The Labute approximate surface area is 158 Å². The number of ether oxygens (including phenoxy) is 1. The van der Waals surface area contributed by atoms with Crippen molar-refractivity contribution in [3.8, 4) is 5.75 Å². The molecule has 0 radical (unpaired) electrons. The van der Waals surface area contributed by atoms with Crippen LogP contribution < -0.4 is 9.64 Å². The Hall–Kier alpha value is -1.83. The molecule has 140 valence electrons. The first-order chi connectivity index (χ1) is 12.3. The smallest absolute Gasteiger partial charge is 0.243 e. The zero-order valence-corrected chi connectivity index (χ0v) is 16.1. The van der Waals surface area contributed by atoms with Gasteiger partial charge in [-0.05, 0) is 48.9 Å². The maximum absolute atomic E-state index is 13.3. The van der Waals surface area contributed by atoms with E-state index in [0.717, 1.165) is 5.69 Å². The lowest BCUT2D eigenvalue weighted by Gasteiger charge is -2.35. The number of anilines is 1. The van der Waals surface area contributed by atoms with E-state index in [4.69, 9.17) is 16.3 Å². The van der Waals surface area contributed by atoms with Crippen molar-refractivity contribution < 1.29 is 17.5 Å². The number of rotatable bonds is 4. The Balaban J connectivity index is 1.75. The predicted octanol–water partition coefficient (Wildman–Crippen LogP) is 3.31. The van der Waals surface area contributed by atoms with Crippen molar-refractivity contribution in [3.63, 3.8) is 0 Å². The van der Waals surface area contributed by atoms with Crippen LogP contribution in [0.5, 0.6) is 5.75 Å². The number of hydrogen-bond acceptors (Lipinski definition) is 4. The van der Waals surface area contributed by atoms with Crippen molar-refractivity contribution in [2.75, 3.05) is 38.2 Å². The summed E-state index contributed by atoms with van der Waals surface area (Å²) in [5.41, 5.74) is 1.44. The molecule has 0 unspecified atom stereocenters. The van der Waals surface area contributed by atoms with Crippen LogP contribution >= 0.6 is 11.6 Å². The molecule has 1 heterocycles. The molecule has 0 atom stereocenters. The fraction of sp³-hybridized carbons (Fsp3) is 0.333. The second-order valence-electron chi connectivity index (χ2n) is 6.12. The topological polar surface area (TPSA) is 49.9 Å².